The molecule has 2 atom stereocenters. The molecule has 1 aliphatic heterocycles. The molecule has 25 heavy (non-hydrogen) atoms. The molecule has 2 N–H and O–H groups in total. The van der Waals surface area contributed by atoms with E-state index in [-0.39, 0.29) is 29.3 Å². The van der Waals surface area contributed by atoms with Gasteiger partial charge in [-0.15, -0.1) is 0 Å². The van der Waals surface area contributed by atoms with E-state index in [1.54, 1.807) is 17.0 Å². The summed E-state index contributed by atoms with van der Waals surface area (Å²) >= 11 is 0. The number of hydrogen-bond acceptors (Lipinski definition) is 3. The number of aromatic amines is 1. The van der Waals surface area contributed by atoms with Crippen molar-refractivity contribution in [2.45, 2.75) is 38.4 Å². The number of amides is 1. The molecule has 1 aromatic carbocycles. The number of aliphatic hydroxyl groups is 1. The third-order valence-electron chi connectivity index (χ3n) is 5.90. The lowest BCUT2D eigenvalue weighted by Crippen LogP contribution is -2.62. The first-order valence-electron chi connectivity index (χ1n) is 8.91. The molecular formula is C19H23FN2O3. The number of nitrogens with one attached hydrogen (secondary N) is 1. The Morgan fingerprint density at radius 1 is 1.40 bits per heavy atom. The fraction of sp³-hybridized carbons (Fsp3) is 0.526. The number of carbonyl (C=O) groups is 1. The van der Waals surface area contributed by atoms with Crippen molar-refractivity contribution < 1.29 is 19.0 Å². The first-order chi connectivity index (χ1) is 12.0. The van der Waals surface area contributed by atoms with Crippen LogP contribution in [-0.2, 0) is 4.74 Å². The van der Waals surface area contributed by atoms with Gasteiger partial charge in [-0.1, -0.05) is 0 Å². The number of H-pyrrole nitrogens is 1. The number of fused-ring (bicyclic) bond motifs is 1. The third-order valence-corrected chi connectivity index (χ3v) is 5.90. The summed E-state index contributed by atoms with van der Waals surface area (Å²) in [4.78, 5) is 17.6. The number of aromatic nitrogens is 1. The lowest BCUT2D eigenvalue weighted by Gasteiger charge is -2.56. The van der Waals surface area contributed by atoms with E-state index in [0.29, 0.717) is 37.2 Å². The highest BCUT2D eigenvalue weighted by molar-refractivity contribution is 5.98. The van der Waals surface area contributed by atoms with Crippen molar-refractivity contribution in [3.8, 4) is 0 Å². The Hall–Kier alpha value is -1.92. The zero-order chi connectivity index (χ0) is 17.6. The first-order valence-corrected chi connectivity index (χ1v) is 8.91. The monoisotopic (exact) mass is 346 g/mol. The molecule has 0 radical (unpaired) electrons. The van der Waals surface area contributed by atoms with E-state index in [1.807, 2.05) is 6.92 Å². The van der Waals surface area contributed by atoms with E-state index in [9.17, 15) is 14.3 Å². The van der Waals surface area contributed by atoms with Crippen LogP contribution in [0.5, 0.6) is 0 Å². The Labute approximate surface area is 145 Å². The number of aliphatic hydroxyl groups excluding tert-OH is 1. The number of ether oxygens (including phenoxy) is 1. The summed E-state index contributed by atoms with van der Waals surface area (Å²) in [5, 5.41) is 11.0. The number of nitrogens with zero attached hydrogens (tertiary/aromatic N) is 1. The fourth-order valence-electron chi connectivity index (χ4n) is 4.33. The fourth-order valence-corrected chi connectivity index (χ4v) is 4.33. The number of piperidine rings is 1. The summed E-state index contributed by atoms with van der Waals surface area (Å²) in [6.45, 7) is 3.82. The minimum Gasteiger partial charge on any atom is -0.392 e. The molecule has 2 fully saturated rings. The standard InChI is InChI=1S/C19H23FN2O3/c1-2-25-17-11-16(23)19(17)5-7-22(8-6-19)18(24)15-10-12-9-13(20)3-4-14(12)21-15/h3-4,9-10,16-17,21,23H,2,5-8,11H2,1H3/t16-,17-/m1/s1. The van der Waals surface area contributed by atoms with Gasteiger partial charge in [0, 0.05) is 42.4 Å². The van der Waals surface area contributed by atoms with Crippen LogP contribution in [0.25, 0.3) is 10.9 Å². The van der Waals surface area contributed by atoms with Crippen molar-refractivity contribution in [2.24, 2.45) is 5.41 Å². The predicted octanol–water partition coefficient (Wildman–Crippen LogP) is 2.70. The molecule has 1 aliphatic carbocycles. The van der Waals surface area contributed by atoms with Crippen molar-refractivity contribution in [3.63, 3.8) is 0 Å². The molecule has 6 heteroatoms. The van der Waals surface area contributed by atoms with Crippen molar-refractivity contribution in [1.82, 2.24) is 9.88 Å². The van der Waals surface area contributed by atoms with Gasteiger partial charge in [-0.2, -0.15) is 0 Å². The summed E-state index contributed by atoms with van der Waals surface area (Å²) in [5.41, 5.74) is 1.03. The van der Waals surface area contributed by atoms with Gasteiger partial charge in [0.05, 0.1) is 12.2 Å². The number of rotatable bonds is 3. The molecule has 1 amide bonds. The number of hydrogen-bond donors (Lipinski definition) is 2. The molecule has 1 saturated carbocycles. The molecule has 1 saturated heterocycles. The number of halogens is 1. The van der Waals surface area contributed by atoms with Gasteiger partial charge in [-0.25, -0.2) is 4.39 Å². The Morgan fingerprint density at radius 3 is 2.84 bits per heavy atom. The smallest absolute Gasteiger partial charge is 0.270 e. The van der Waals surface area contributed by atoms with Gasteiger partial charge in [-0.3, -0.25) is 4.79 Å². The van der Waals surface area contributed by atoms with E-state index in [0.717, 1.165) is 18.4 Å². The van der Waals surface area contributed by atoms with Crippen LogP contribution < -0.4 is 0 Å². The first kappa shape index (κ1) is 16.5. The Bertz CT molecular complexity index is 793. The molecule has 134 valence electrons. The predicted molar refractivity (Wildman–Crippen MR) is 91.9 cm³/mol. The van der Waals surface area contributed by atoms with E-state index in [2.05, 4.69) is 4.98 Å². The molecular weight excluding hydrogens is 323 g/mol. The summed E-state index contributed by atoms with van der Waals surface area (Å²) in [6.07, 6.45) is 1.95. The Kier molecular flexibility index (Phi) is 4.04. The molecule has 1 spiro atoms. The number of likely N-dealkylation sites (tertiary alicyclic amines) is 1. The molecule has 0 unspecified atom stereocenters. The van der Waals surface area contributed by atoms with E-state index < -0.39 is 0 Å². The molecule has 2 aromatic rings. The lowest BCUT2D eigenvalue weighted by molar-refractivity contribution is -0.207. The van der Waals surface area contributed by atoms with Crippen LogP contribution in [0, 0.1) is 11.2 Å². The van der Waals surface area contributed by atoms with Gasteiger partial charge >= 0.3 is 0 Å². The normalized spacial score (nSPS) is 25.3. The van der Waals surface area contributed by atoms with Crippen molar-refractivity contribution in [3.05, 3.63) is 35.8 Å². The summed E-state index contributed by atoms with van der Waals surface area (Å²) in [7, 11) is 0. The Morgan fingerprint density at radius 2 is 2.16 bits per heavy atom. The molecule has 2 aliphatic rings. The minimum absolute atomic E-state index is 0.0757. The second kappa shape index (κ2) is 6.11. The lowest BCUT2D eigenvalue weighted by atomic mass is 9.58. The third kappa shape index (κ3) is 2.64. The van der Waals surface area contributed by atoms with Crippen LogP contribution in [0.3, 0.4) is 0 Å². The van der Waals surface area contributed by atoms with Gasteiger partial charge in [0.1, 0.15) is 11.5 Å². The van der Waals surface area contributed by atoms with Gasteiger partial charge < -0.3 is 19.7 Å². The molecule has 4 rings (SSSR count). The average Bonchev–Trinajstić information content (AvgIpc) is 3.04. The van der Waals surface area contributed by atoms with E-state index >= 15 is 0 Å². The van der Waals surface area contributed by atoms with Crippen LogP contribution in [0.2, 0.25) is 0 Å². The summed E-state index contributed by atoms with van der Waals surface area (Å²) < 4.78 is 19.1. The molecule has 5 nitrogen and oxygen atoms in total. The highest BCUT2D eigenvalue weighted by atomic mass is 19.1. The minimum atomic E-state index is -0.336. The molecule has 2 heterocycles. The second-order valence-electron chi connectivity index (χ2n) is 7.14. The Balaban J connectivity index is 1.47. The van der Waals surface area contributed by atoms with E-state index in [1.165, 1.54) is 12.1 Å². The largest absolute Gasteiger partial charge is 0.392 e. The quantitative estimate of drug-likeness (QED) is 0.898. The van der Waals surface area contributed by atoms with Gasteiger partial charge in [-0.05, 0) is 44.0 Å². The maximum absolute atomic E-state index is 13.3. The molecule has 1 aromatic heterocycles. The van der Waals surface area contributed by atoms with Gasteiger partial charge in [0.15, 0.2) is 0 Å². The van der Waals surface area contributed by atoms with Crippen molar-refractivity contribution in [1.29, 1.82) is 0 Å². The van der Waals surface area contributed by atoms with Crippen molar-refractivity contribution >= 4 is 16.8 Å². The zero-order valence-electron chi connectivity index (χ0n) is 14.3. The maximum atomic E-state index is 13.3. The number of benzene rings is 1. The van der Waals surface area contributed by atoms with Crippen molar-refractivity contribution in [2.75, 3.05) is 19.7 Å². The van der Waals surface area contributed by atoms with Crippen LogP contribution in [-0.4, -0.2) is 52.8 Å². The van der Waals surface area contributed by atoms with E-state index in [4.69, 9.17) is 4.74 Å². The zero-order valence-corrected chi connectivity index (χ0v) is 14.3. The maximum Gasteiger partial charge on any atom is 0.270 e. The molecule has 0 bridgehead atoms. The van der Waals surface area contributed by atoms with Gasteiger partial charge in [0.25, 0.3) is 5.91 Å². The van der Waals surface area contributed by atoms with Crippen LogP contribution in [0.1, 0.15) is 36.7 Å². The van der Waals surface area contributed by atoms with Crippen LogP contribution >= 0.6 is 0 Å². The summed E-state index contributed by atoms with van der Waals surface area (Å²) in [5.74, 6) is -0.389. The highest BCUT2D eigenvalue weighted by Gasteiger charge is 2.56. The summed E-state index contributed by atoms with van der Waals surface area (Å²) in [6, 6.07) is 6.14. The van der Waals surface area contributed by atoms with Crippen LogP contribution in [0.4, 0.5) is 4.39 Å². The SMILES string of the molecule is CCO[C@@H]1C[C@@H](O)C12CCN(C(=O)c1cc3cc(F)ccc3[nH]1)CC2. The topological polar surface area (TPSA) is 65.6 Å². The average molecular weight is 346 g/mol. The van der Waals surface area contributed by atoms with Crippen LogP contribution in [0.15, 0.2) is 24.3 Å². The van der Waals surface area contributed by atoms with Gasteiger partial charge in [0.2, 0.25) is 0 Å². The number of carbonyl (C=O) groups excluding carboxylic acids is 1. The highest BCUT2D eigenvalue weighted by Crippen LogP contribution is 2.51. The second-order valence-corrected chi connectivity index (χ2v) is 7.14.